The first kappa shape index (κ1) is 17.6. The van der Waals surface area contributed by atoms with Crippen molar-refractivity contribution >= 4 is 29.4 Å². The molecule has 0 fully saturated rings. The van der Waals surface area contributed by atoms with Gasteiger partial charge < -0.3 is 10.6 Å². The maximum atomic E-state index is 12.3. The Morgan fingerprint density at radius 3 is 2.81 bits per heavy atom. The van der Waals surface area contributed by atoms with E-state index >= 15 is 0 Å². The molecule has 1 aromatic carbocycles. The van der Waals surface area contributed by atoms with Gasteiger partial charge in [0, 0.05) is 6.42 Å². The molecule has 0 unspecified atom stereocenters. The number of H-pyrrole nitrogens is 1. The number of carbonyl (C=O) groups is 3. The Labute approximate surface area is 150 Å². The van der Waals surface area contributed by atoms with Gasteiger partial charge in [-0.3, -0.25) is 24.8 Å². The van der Waals surface area contributed by atoms with Crippen molar-refractivity contribution in [2.45, 2.75) is 32.7 Å². The van der Waals surface area contributed by atoms with Crippen molar-refractivity contribution in [3.63, 3.8) is 0 Å². The Bertz CT molecular complexity index is 845. The molecule has 1 atom stereocenters. The van der Waals surface area contributed by atoms with Crippen LogP contribution in [-0.4, -0.2) is 38.9 Å². The van der Waals surface area contributed by atoms with Crippen LogP contribution in [0.25, 0.3) is 0 Å². The van der Waals surface area contributed by atoms with E-state index in [1.807, 2.05) is 13.8 Å². The summed E-state index contributed by atoms with van der Waals surface area (Å²) in [6, 6.07) is 5.69. The number of para-hydroxylation sites is 1. The van der Waals surface area contributed by atoms with Crippen molar-refractivity contribution < 1.29 is 14.4 Å². The Morgan fingerprint density at radius 2 is 2.04 bits per heavy atom. The summed E-state index contributed by atoms with van der Waals surface area (Å²) in [5, 5.41) is 14.5. The first-order valence-corrected chi connectivity index (χ1v) is 8.34. The molecule has 0 bridgehead atoms. The second-order valence-corrected chi connectivity index (χ2v) is 6.52. The minimum Gasteiger partial charge on any atom is -0.340 e. The molecule has 1 aromatic heterocycles. The number of nitrogens with zero attached hydrogens (tertiary/aromatic N) is 2. The van der Waals surface area contributed by atoms with Gasteiger partial charge >= 0.3 is 0 Å². The zero-order valence-electron chi connectivity index (χ0n) is 14.5. The summed E-state index contributed by atoms with van der Waals surface area (Å²) in [6.45, 7) is 4.10. The molecule has 9 nitrogen and oxygen atoms in total. The van der Waals surface area contributed by atoms with Gasteiger partial charge in [-0.25, -0.2) is 0 Å². The van der Waals surface area contributed by atoms with Crippen LogP contribution in [0.15, 0.2) is 24.3 Å². The minimum absolute atomic E-state index is 0.147. The van der Waals surface area contributed by atoms with Gasteiger partial charge in [-0.2, -0.15) is 4.98 Å². The summed E-state index contributed by atoms with van der Waals surface area (Å²) in [5.41, 5.74) is 0.779. The van der Waals surface area contributed by atoms with E-state index in [-0.39, 0.29) is 12.4 Å². The fourth-order valence-electron chi connectivity index (χ4n) is 2.65. The van der Waals surface area contributed by atoms with E-state index in [2.05, 4.69) is 31.1 Å². The van der Waals surface area contributed by atoms with E-state index in [1.54, 1.807) is 24.3 Å². The molecule has 136 valence electrons. The third-order valence-electron chi connectivity index (χ3n) is 3.83. The van der Waals surface area contributed by atoms with Gasteiger partial charge in [0.1, 0.15) is 11.9 Å². The van der Waals surface area contributed by atoms with E-state index in [1.165, 1.54) is 0 Å². The van der Waals surface area contributed by atoms with Crippen LogP contribution in [0.5, 0.6) is 0 Å². The van der Waals surface area contributed by atoms with Crippen LogP contribution >= 0.6 is 0 Å². The van der Waals surface area contributed by atoms with Crippen LogP contribution in [-0.2, 0) is 16.0 Å². The van der Waals surface area contributed by atoms with Crippen LogP contribution in [0, 0.1) is 5.92 Å². The highest BCUT2D eigenvalue weighted by atomic mass is 16.2. The van der Waals surface area contributed by atoms with Gasteiger partial charge in [0.25, 0.3) is 5.91 Å². The highest BCUT2D eigenvalue weighted by Gasteiger charge is 2.29. The largest absolute Gasteiger partial charge is 0.340 e. The summed E-state index contributed by atoms with van der Waals surface area (Å²) >= 11 is 0. The van der Waals surface area contributed by atoms with Crippen LogP contribution in [0.1, 0.15) is 36.5 Å². The first-order valence-electron chi connectivity index (χ1n) is 8.34. The molecular weight excluding hydrogens is 336 g/mol. The quantitative estimate of drug-likeness (QED) is 0.637. The van der Waals surface area contributed by atoms with Crippen molar-refractivity contribution in [1.29, 1.82) is 0 Å². The van der Waals surface area contributed by atoms with Gasteiger partial charge in [0.15, 0.2) is 0 Å². The Kier molecular flexibility index (Phi) is 4.97. The number of nitrogens with one attached hydrogen (secondary N) is 4. The molecule has 0 radical (unpaired) electrons. The number of rotatable bonds is 5. The number of anilines is 2. The molecule has 4 N–H and O–H groups in total. The van der Waals surface area contributed by atoms with E-state index in [9.17, 15) is 14.4 Å². The topological polar surface area (TPSA) is 129 Å². The molecule has 1 aliphatic heterocycles. The Balaban J connectivity index is 1.63. The fraction of sp³-hybridized carbons (Fsp3) is 0.353. The standard InChI is InChI=1S/C17H20N6O3/c1-9(2)7-13-20-17(23-22-13)21-14(24)8-12-16(26)18-11-6-4-3-5-10(11)15(25)19-12/h3-6,9,12H,7-8H2,1-2H3,(H,18,26)(H,19,25)(H2,20,21,22,23,24)/t12-/m0/s1. The van der Waals surface area contributed by atoms with Gasteiger partial charge in [-0.1, -0.05) is 26.0 Å². The third kappa shape index (κ3) is 4.05. The van der Waals surface area contributed by atoms with Gasteiger partial charge in [0.05, 0.1) is 17.7 Å². The molecule has 3 amide bonds. The molecule has 0 saturated heterocycles. The lowest BCUT2D eigenvalue weighted by Crippen LogP contribution is -2.43. The Morgan fingerprint density at radius 1 is 1.27 bits per heavy atom. The van der Waals surface area contributed by atoms with Gasteiger partial charge in [0.2, 0.25) is 17.8 Å². The molecule has 26 heavy (non-hydrogen) atoms. The molecule has 0 saturated carbocycles. The van der Waals surface area contributed by atoms with Crippen molar-refractivity contribution in [3.05, 3.63) is 35.7 Å². The number of carbonyl (C=O) groups excluding carboxylic acids is 3. The summed E-state index contributed by atoms with van der Waals surface area (Å²) in [7, 11) is 0. The second kappa shape index (κ2) is 7.34. The maximum Gasteiger partial charge on any atom is 0.254 e. The number of hydrogen-bond donors (Lipinski definition) is 4. The lowest BCUT2D eigenvalue weighted by atomic mass is 10.1. The number of hydrogen-bond acceptors (Lipinski definition) is 5. The molecular formula is C17H20N6O3. The molecule has 1 aliphatic rings. The van der Waals surface area contributed by atoms with E-state index < -0.39 is 23.8 Å². The predicted molar refractivity (Wildman–Crippen MR) is 94.5 cm³/mol. The average Bonchev–Trinajstić information content (AvgIpc) is 2.95. The number of aromatic amines is 1. The molecule has 3 rings (SSSR count). The summed E-state index contributed by atoms with van der Waals surface area (Å²) in [4.78, 5) is 40.9. The highest BCUT2D eigenvalue weighted by Crippen LogP contribution is 2.19. The smallest absolute Gasteiger partial charge is 0.254 e. The zero-order valence-corrected chi connectivity index (χ0v) is 14.5. The summed E-state index contributed by atoms with van der Waals surface area (Å²) in [5.74, 6) is -0.104. The predicted octanol–water partition coefficient (Wildman–Crippen LogP) is 1.08. The molecule has 2 aromatic rings. The van der Waals surface area contributed by atoms with Crippen molar-refractivity contribution in [1.82, 2.24) is 20.5 Å². The van der Waals surface area contributed by atoms with Crippen molar-refractivity contribution in [2.24, 2.45) is 5.92 Å². The number of amides is 3. The van der Waals surface area contributed by atoms with Crippen LogP contribution in [0.2, 0.25) is 0 Å². The first-order chi connectivity index (χ1) is 12.4. The average molecular weight is 356 g/mol. The van der Waals surface area contributed by atoms with E-state index in [4.69, 9.17) is 0 Å². The molecule has 9 heteroatoms. The van der Waals surface area contributed by atoms with Gasteiger partial charge in [-0.15, -0.1) is 5.10 Å². The molecule has 0 aliphatic carbocycles. The maximum absolute atomic E-state index is 12.3. The SMILES string of the molecule is CC(C)Cc1nc(NC(=O)C[C@@H]2NC(=O)c3ccccc3NC2=O)n[nH]1. The Hall–Kier alpha value is -3.23. The second-order valence-electron chi connectivity index (χ2n) is 6.52. The number of benzene rings is 1. The van der Waals surface area contributed by atoms with Crippen molar-refractivity contribution in [3.8, 4) is 0 Å². The van der Waals surface area contributed by atoms with Gasteiger partial charge in [-0.05, 0) is 18.1 Å². The van der Waals surface area contributed by atoms with Crippen LogP contribution in [0.3, 0.4) is 0 Å². The summed E-state index contributed by atoms with van der Waals surface area (Å²) < 4.78 is 0. The van der Waals surface area contributed by atoms with Crippen LogP contribution < -0.4 is 16.0 Å². The highest BCUT2D eigenvalue weighted by molar-refractivity contribution is 6.11. The monoisotopic (exact) mass is 356 g/mol. The van der Waals surface area contributed by atoms with Crippen LogP contribution in [0.4, 0.5) is 11.6 Å². The zero-order chi connectivity index (χ0) is 18.7. The summed E-state index contributed by atoms with van der Waals surface area (Å²) in [6.07, 6.45) is 0.488. The van der Waals surface area contributed by atoms with E-state index in [0.29, 0.717) is 29.4 Å². The van der Waals surface area contributed by atoms with Crippen molar-refractivity contribution in [2.75, 3.05) is 10.6 Å². The third-order valence-corrected chi connectivity index (χ3v) is 3.83. The molecule has 0 spiro atoms. The fourth-order valence-corrected chi connectivity index (χ4v) is 2.65. The minimum atomic E-state index is -0.982. The number of aromatic nitrogens is 3. The lowest BCUT2D eigenvalue weighted by Gasteiger charge is -2.13. The number of fused-ring (bicyclic) bond motifs is 1. The normalized spacial score (nSPS) is 16.5. The molecule has 2 heterocycles. The lowest BCUT2D eigenvalue weighted by molar-refractivity contribution is -0.122. The van der Waals surface area contributed by atoms with E-state index in [0.717, 1.165) is 0 Å².